The average molecular weight is 472 g/mol. The van der Waals surface area contributed by atoms with Crippen molar-refractivity contribution in [1.82, 2.24) is 20.3 Å². The molecule has 176 valence electrons. The van der Waals surface area contributed by atoms with Gasteiger partial charge in [0, 0.05) is 18.3 Å². The molecule has 1 aliphatic carbocycles. The third kappa shape index (κ3) is 5.81. The van der Waals surface area contributed by atoms with Gasteiger partial charge in [0.05, 0.1) is 23.9 Å². The second kappa shape index (κ2) is 9.78. The summed E-state index contributed by atoms with van der Waals surface area (Å²) in [6.45, 7) is 6.20. The number of amides is 1. The summed E-state index contributed by atoms with van der Waals surface area (Å²) < 4.78 is 35.3. The van der Waals surface area contributed by atoms with Crippen LogP contribution in [0, 0.1) is 12.8 Å². The SMILES string of the molecule is C=CC(=O)NCc1cnn(Cc2cc(C)c3c(NS(=O)(=O)CC4CCCCC4)noc3c2)c1. The van der Waals surface area contributed by atoms with E-state index in [1.165, 1.54) is 12.5 Å². The van der Waals surface area contributed by atoms with E-state index in [9.17, 15) is 13.2 Å². The Morgan fingerprint density at radius 2 is 2.06 bits per heavy atom. The minimum absolute atomic E-state index is 0.118. The number of hydrogen-bond acceptors (Lipinski definition) is 6. The Bertz CT molecular complexity index is 1260. The summed E-state index contributed by atoms with van der Waals surface area (Å²) in [6, 6.07) is 3.81. The van der Waals surface area contributed by atoms with Gasteiger partial charge in [0.15, 0.2) is 11.4 Å². The Morgan fingerprint density at radius 3 is 2.82 bits per heavy atom. The lowest BCUT2D eigenvalue weighted by Gasteiger charge is -2.21. The van der Waals surface area contributed by atoms with Crippen LogP contribution in [0.1, 0.15) is 48.8 Å². The van der Waals surface area contributed by atoms with Crippen molar-refractivity contribution in [1.29, 1.82) is 0 Å². The summed E-state index contributed by atoms with van der Waals surface area (Å²) in [5, 5.41) is 11.7. The van der Waals surface area contributed by atoms with Crippen molar-refractivity contribution in [2.45, 2.75) is 52.1 Å². The van der Waals surface area contributed by atoms with Crippen molar-refractivity contribution >= 4 is 32.7 Å². The first-order chi connectivity index (χ1) is 15.8. The van der Waals surface area contributed by atoms with Crippen LogP contribution in [0.3, 0.4) is 0 Å². The number of hydrogen-bond donors (Lipinski definition) is 2. The molecule has 0 spiro atoms. The molecule has 3 aromatic rings. The number of carbonyl (C=O) groups is 1. The summed E-state index contributed by atoms with van der Waals surface area (Å²) in [6.07, 6.45) is 10.1. The lowest BCUT2D eigenvalue weighted by atomic mass is 9.91. The van der Waals surface area contributed by atoms with E-state index in [1.54, 1.807) is 10.9 Å². The molecule has 1 amide bonds. The van der Waals surface area contributed by atoms with Crippen LogP contribution in [0.2, 0.25) is 0 Å². The topological polar surface area (TPSA) is 119 Å². The maximum Gasteiger partial charge on any atom is 0.243 e. The maximum absolute atomic E-state index is 12.7. The summed E-state index contributed by atoms with van der Waals surface area (Å²) in [5.41, 5.74) is 3.20. The molecule has 9 nitrogen and oxygen atoms in total. The van der Waals surface area contributed by atoms with Gasteiger partial charge in [0.2, 0.25) is 15.9 Å². The minimum atomic E-state index is -3.50. The molecule has 10 heteroatoms. The molecule has 0 radical (unpaired) electrons. The summed E-state index contributed by atoms with van der Waals surface area (Å²) in [7, 11) is -3.50. The van der Waals surface area contributed by atoms with Crippen LogP contribution in [-0.4, -0.2) is 35.0 Å². The summed E-state index contributed by atoms with van der Waals surface area (Å²) in [5.74, 6) is 0.322. The normalized spacial score (nSPS) is 14.9. The van der Waals surface area contributed by atoms with Gasteiger partial charge in [-0.25, -0.2) is 8.42 Å². The molecule has 1 aromatic carbocycles. The average Bonchev–Trinajstić information content (AvgIpc) is 3.39. The van der Waals surface area contributed by atoms with Gasteiger partial charge >= 0.3 is 0 Å². The van der Waals surface area contributed by atoms with Crippen molar-refractivity contribution in [2.75, 3.05) is 10.5 Å². The number of aryl methyl sites for hydroxylation is 1. The van der Waals surface area contributed by atoms with Crippen LogP contribution in [0.5, 0.6) is 0 Å². The molecule has 33 heavy (non-hydrogen) atoms. The molecule has 1 saturated carbocycles. The van der Waals surface area contributed by atoms with E-state index in [-0.39, 0.29) is 23.4 Å². The van der Waals surface area contributed by atoms with Crippen molar-refractivity contribution in [2.24, 2.45) is 5.92 Å². The quantitative estimate of drug-likeness (QED) is 0.461. The molecule has 0 aliphatic heterocycles. The lowest BCUT2D eigenvalue weighted by molar-refractivity contribution is -0.116. The molecule has 2 N–H and O–H groups in total. The number of benzene rings is 1. The highest BCUT2D eigenvalue weighted by molar-refractivity contribution is 7.92. The van der Waals surface area contributed by atoms with E-state index >= 15 is 0 Å². The molecule has 1 aliphatic rings. The zero-order valence-corrected chi connectivity index (χ0v) is 19.5. The highest BCUT2D eigenvalue weighted by Crippen LogP contribution is 2.30. The van der Waals surface area contributed by atoms with Gasteiger partial charge in [-0.15, -0.1) is 0 Å². The Labute approximate surface area is 193 Å². The van der Waals surface area contributed by atoms with E-state index in [0.717, 1.165) is 42.4 Å². The van der Waals surface area contributed by atoms with Gasteiger partial charge in [-0.05, 0) is 49.0 Å². The number of nitrogens with one attached hydrogen (secondary N) is 2. The Hall–Kier alpha value is -3.14. The molecule has 0 unspecified atom stereocenters. The Morgan fingerprint density at radius 1 is 1.27 bits per heavy atom. The van der Waals surface area contributed by atoms with E-state index in [0.29, 0.717) is 24.1 Å². The van der Waals surface area contributed by atoms with Crippen molar-refractivity contribution in [3.63, 3.8) is 0 Å². The van der Waals surface area contributed by atoms with Gasteiger partial charge in [0.25, 0.3) is 0 Å². The number of aromatic nitrogens is 3. The molecule has 1 fully saturated rings. The predicted molar refractivity (Wildman–Crippen MR) is 126 cm³/mol. The molecule has 0 saturated heterocycles. The van der Waals surface area contributed by atoms with E-state index in [4.69, 9.17) is 4.52 Å². The lowest BCUT2D eigenvalue weighted by Crippen LogP contribution is -2.24. The number of nitrogens with zero attached hydrogens (tertiary/aromatic N) is 3. The Kier molecular flexibility index (Phi) is 6.83. The molecule has 0 bridgehead atoms. The van der Waals surface area contributed by atoms with Gasteiger partial charge in [0.1, 0.15) is 0 Å². The monoisotopic (exact) mass is 471 g/mol. The number of fused-ring (bicyclic) bond motifs is 1. The van der Waals surface area contributed by atoms with Crippen LogP contribution in [0.4, 0.5) is 5.82 Å². The van der Waals surface area contributed by atoms with Crippen LogP contribution in [-0.2, 0) is 27.9 Å². The zero-order chi connectivity index (χ0) is 23.4. The first-order valence-corrected chi connectivity index (χ1v) is 12.8. The fourth-order valence-corrected chi connectivity index (χ4v) is 5.86. The maximum atomic E-state index is 12.7. The minimum Gasteiger partial charge on any atom is -0.354 e. The van der Waals surface area contributed by atoms with Crippen LogP contribution in [0.25, 0.3) is 11.0 Å². The van der Waals surface area contributed by atoms with Gasteiger partial charge in [-0.2, -0.15) is 5.10 Å². The largest absolute Gasteiger partial charge is 0.354 e. The zero-order valence-electron chi connectivity index (χ0n) is 18.7. The molecule has 0 atom stereocenters. The second-order valence-corrected chi connectivity index (χ2v) is 10.4. The van der Waals surface area contributed by atoms with E-state index in [1.807, 2.05) is 25.3 Å². The van der Waals surface area contributed by atoms with E-state index < -0.39 is 10.0 Å². The second-order valence-electron chi connectivity index (χ2n) is 8.67. The third-order valence-electron chi connectivity index (χ3n) is 5.95. The fourth-order valence-electron chi connectivity index (χ4n) is 4.39. The van der Waals surface area contributed by atoms with Crippen LogP contribution >= 0.6 is 0 Å². The third-order valence-corrected chi connectivity index (χ3v) is 7.36. The summed E-state index contributed by atoms with van der Waals surface area (Å²) >= 11 is 0. The van der Waals surface area contributed by atoms with E-state index in [2.05, 4.69) is 26.9 Å². The first kappa shape index (κ1) is 23.0. The molecular weight excluding hydrogens is 442 g/mol. The van der Waals surface area contributed by atoms with Crippen LogP contribution < -0.4 is 10.0 Å². The Balaban J connectivity index is 1.46. The highest BCUT2D eigenvalue weighted by Gasteiger charge is 2.24. The first-order valence-electron chi connectivity index (χ1n) is 11.1. The number of sulfonamides is 1. The van der Waals surface area contributed by atoms with Crippen molar-refractivity contribution < 1.29 is 17.7 Å². The van der Waals surface area contributed by atoms with Gasteiger partial charge in [-0.1, -0.05) is 37.1 Å². The smallest absolute Gasteiger partial charge is 0.243 e. The standard InChI is InChI=1S/C23H29N5O4S/c1-3-21(29)24-11-19-12-25-28(14-19)13-18-9-16(2)22-20(10-18)32-26-23(22)27-33(30,31)15-17-7-5-4-6-8-17/h3,9-10,12,14,17H,1,4-8,11,13,15H2,2H3,(H,24,29)(H,26,27). The van der Waals surface area contributed by atoms with Crippen LogP contribution in [0.15, 0.2) is 41.7 Å². The molecule has 2 aromatic heterocycles. The van der Waals surface area contributed by atoms with Gasteiger partial charge in [-0.3, -0.25) is 14.2 Å². The molecular formula is C23H29N5O4S. The number of carbonyl (C=O) groups excluding carboxylic acids is 1. The summed E-state index contributed by atoms with van der Waals surface area (Å²) in [4.78, 5) is 11.3. The molecule has 2 heterocycles. The number of rotatable bonds is 9. The predicted octanol–water partition coefficient (Wildman–Crippen LogP) is 3.51. The number of anilines is 1. The van der Waals surface area contributed by atoms with Gasteiger partial charge < -0.3 is 9.84 Å². The molecule has 4 rings (SSSR count). The van der Waals surface area contributed by atoms with Crippen molar-refractivity contribution in [3.05, 3.63) is 53.9 Å². The van der Waals surface area contributed by atoms with Crippen molar-refractivity contribution in [3.8, 4) is 0 Å². The highest BCUT2D eigenvalue weighted by atomic mass is 32.2. The fraction of sp³-hybridized carbons (Fsp3) is 0.435.